The molecule has 0 aromatic heterocycles. The molecule has 0 aromatic rings. The molecule has 3 atom stereocenters. The smallest absolute Gasteiger partial charge is 0.317 e. The zero-order valence-electron chi connectivity index (χ0n) is 12.6. The van der Waals surface area contributed by atoms with Crippen molar-refractivity contribution in [1.82, 2.24) is 4.90 Å². The van der Waals surface area contributed by atoms with Crippen molar-refractivity contribution < 1.29 is 9.90 Å². The minimum atomic E-state index is -0.702. The van der Waals surface area contributed by atoms with E-state index >= 15 is 0 Å². The summed E-state index contributed by atoms with van der Waals surface area (Å²) >= 11 is 0. The van der Waals surface area contributed by atoms with Crippen molar-refractivity contribution in [3.05, 3.63) is 0 Å². The monoisotopic (exact) mass is 255 g/mol. The highest BCUT2D eigenvalue weighted by Crippen LogP contribution is 2.40. The van der Waals surface area contributed by atoms with Crippen molar-refractivity contribution in [2.24, 2.45) is 11.3 Å². The number of hydrogen-bond acceptors (Lipinski definition) is 2. The maximum absolute atomic E-state index is 11.1. The van der Waals surface area contributed by atoms with Crippen LogP contribution in [0.2, 0.25) is 0 Å². The van der Waals surface area contributed by atoms with Gasteiger partial charge < -0.3 is 5.11 Å². The first-order valence-corrected chi connectivity index (χ1v) is 7.22. The van der Waals surface area contributed by atoms with Crippen LogP contribution in [-0.2, 0) is 4.79 Å². The van der Waals surface area contributed by atoms with Crippen LogP contribution >= 0.6 is 0 Å². The highest BCUT2D eigenvalue weighted by molar-refractivity contribution is 5.69. The first kappa shape index (κ1) is 15.5. The number of hydrogen-bond donors (Lipinski definition) is 1. The lowest BCUT2D eigenvalue weighted by molar-refractivity contribution is -0.140. The Morgan fingerprint density at radius 1 is 1.44 bits per heavy atom. The minimum absolute atomic E-state index is 0.183. The molecular formula is C15H29NO2. The van der Waals surface area contributed by atoms with Gasteiger partial charge in [-0.2, -0.15) is 0 Å². The van der Waals surface area contributed by atoms with Gasteiger partial charge in [0.1, 0.15) is 0 Å². The van der Waals surface area contributed by atoms with E-state index in [0.717, 1.165) is 19.3 Å². The summed E-state index contributed by atoms with van der Waals surface area (Å²) in [5.74, 6) is -0.00886. The van der Waals surface area contributed by atoms with Gasteiger partial charge in [-0.1, -0.05) is 27.7 Å². The van der Waals surface area contributed by atoms with Gasteiger partial charge >= 0.3 is 5.97 Å². The predicted molar refractivity (Wildman–Crippen MR) is 74.7 cm³/mol. The van der Waals surface area contributed by atoms with Crippen molar-refractivity contribution in [1.29, 1.82) is 0 Å². The van der Waals surface area contributed by atoms with Gasteiger partial charge in [0.05, 0.1) is 6.54 Å². The molecule has 0 bridgehead atoms. The lowest BCUT2D eigenvalue weighted by atomic mass is 9.70. The van der Waals surface area contributed by atoms with E-state index in [1.165, 1.54) is 6.42 Å². The van der Waals surface area contributed by atoms with Crippen LogP contribution in [0.5, 0.6) is 0 Å². The molecule has 0 saturated heterocycles. The zero-order valence-corrected chi connectivity index (χ0v) is 12.6. The molecule has 106 valence electrons. The number of carbonyl (C=O) groups is 1. The lowest BCUT2D eigenvalue weighted by Gasteiger charge is -2.45. The average Bonchev–Trinajstić information content (AvgIpc) is 2.21. The van der Waals surface area contributed by atoms with E-state index in [0.29, 0.717) is 23.4 Å². The topological polar surface area (TPSA) is 40.5 Å². The number of rotatable bonds is 5. The van der Waals surface area contributed by atoms with E-state index in [4.69, 9.17) is 5.11 Å². The van der Waals surface area contributed by atoms with Crippen LogP contribution in [0.3, 0.4) is 0 Å². The van der Waals surface area contributed by atoms with E-state index in [2.05, 4.69) is 39.5 Å². The van der Waals surface area contributed by atoms with E-state index < -0.39 is 5.97 Å². The molecule has 0 heterocycles. The van der Waals surface area contributed by atoms with Crippen LogP contribution < -0.4 is 0 Å². The molecule has 1 aliphatic carbocycles. The summed E-state index contributed by atoms with van der Waals surface area (Å²) in [6.07, 6.45) is 4.53. The number of nitrogens with zero attached hydrogens (tertiary/aromatic N) is 1. The molecular weight excluding hydrogens is 226 g/mol. The molecule has 0 aliphatic heterocycles. The van der Waals surface area contributed by atoms with Crippen LogP contribution in [0, 0.1) is 11.3 Å². The third-order valence-electron chi connectivity index (χ3n) is 4.31. The SMILES string of the molecule is CCC(C)N(CC(=O)O)C1CC(C)CC(C)(C)C1. The molecule has 1 fully saturated rings. The van der Waals surface area contributed by atoms with Crippen LogP contribution in [0.1, 0.15) is 60.3 Å². The van der Waals surface area contributed by atoms with Gasteiger partial charge in [-0.25, -0.2) is 0 Å². The van der Waals surface area contributed by atoms with Gasteiger partial charge in [0, 0.05) is 12.1 Å². The second kappa shape index (κ2) is 6.05. The molecule has 18 heavy (non-hydrogen) atoms. The molecule has 3 heteroatoms. The highest BCUT2D eigenvalue weighted by atomic mass is 16.4. The Morgan fingerprint density at radius 3 is 2.50 bits per heavy atom. The largest absolute Gasteiger partial charge is 0.480 e. The Balaban J connectivity index is 2.80. The Labute approximate surface area is 112 Å². The first-order chi connectivity index (χ1) is 8.25. The van der Waals surface area contributed by atoms with Crippen molar-refractivity contribution in [2.75, 3.05) is 6.54 Å². The fourth-order valence-electron chi connectivity index (χ4n) is 3.58. The third kappa shape index (κ3) is 4.27. The Morgan fingerprint density at radius 2 is 2.06 bits per heavy atom. The normalized spacial score (nSPS) is 29.2. The Kier molecular flexibility index (Phi) is 5.20. The molecule has 1 rings (SSSR count). The Bertz CT molecular complexity index is 288. The van der Waals surface area contributed by atoms with Gasteiger partial charge in [-0.3, -0.25) is 9.69 Å². The maximum Gasteiger partial charge on any atom is 0.317 e. The van der Waals surface area contributed by atoms with Crippen LogP contribution in [0.15, 0.2) is 0 Å². The summed E-state index contributed by atoms with van der Waals surface area (Å²) in [5.41, 5.74) is 0.340. The van der Waals surface area contributed by atoms with Crippen molar-refractivity contribution in [3.63, 3.8) is 0 Å². The maximum atomic E-state index is 11.1. The van der Waals surface area contributed by atoms with Gasteiger partial charge in [-0.15, -0.1) is 0 Å². The van der Waals surface area contributed by atoms with Gasteiger partial charge in [0.2, 0.25) is 0 Å². The standard InChI is InChI=1S/C15H29NO2/c1-6-12(3)16(10-14(17)18)13-7-11(2)8-15(4,5)9-13/h11-13H,6-10H2,1-5H3,(H,17,18). The van der Waals surface area contributed by atoms with E-state index in [1.807, 2.05) is 0 Å². The molecule has 3 nitrogen and oxygen atoms in total. The van der Waals surface area contributed by atoms with E-state index in [-0.39, 0.29) is 6.54 Å². The molecule has 1 saturated carbocycles. The summed E-state index contributed by atoms with van der Waals surface area (Å²) in [4.78, 5) is 13.3. The molecule has 3 unspecified atom stereocenters. The third-order valence-corrected chi connectivity index (χ3v) is 4.31. The molecule has 0 spiro atoms. The molecule has 0 radical (unpaired) electrons. The van der Waals surface area contributed by atoms with Crippen molar-refractivity contribution in [2.45, 2.75) is 72.4 Å². The predicted octanol–water partition coefficient (Wildman–Crippen LogP) is 3.39. The van der Waals surface area contributed by atoms with Gasteiger partial charge in [0.25, 0.3) is 0 Å². The number of carboxylic acids is 1. The van der Waals surface area contributed by atoms with Gasteiger partial charge in [0.15, 0.2) is 0 Å². The molecule has 1 aliphatic rings. The molecule has 0 amide bonds. The van der Waals surface area contributed by atoms with Crippen LogP contribution in [0.25, 0.3) is 0 Å². The van der Waals surface area contributed by atoms with Crippen LogP contribution in [-0.4, -0.2) is 34.6 Å². The highest BCUT2D eigenvalue weighted by Gasteiger charge is 2.36. The lowest BCUT2D eigenvalue weighted by Crippen LogP contribution is -2.49. The number of aliphatic carboxylic acids is 1. The van der Waals surface area contributed by atoms with E-state index in [9.17, 15) is 4.79 Å². The summed E-state index contributed by atoms with van der Waals surface area (Å²) < 4.78 is 0. The fourth-order valence-corrected chi connectivity index (χ4v) is 3.58. The summed E-state index contributed by atoms with van der Waals surface area (Å²) in [7, 11) is 0. The molecule has 0 aromatic carbocycles. The second-order valence-corrected chi connectivity index (χ2v) is 6.89. The summed E-state index contributed by atoms with van der Waals surface area (Å²) in [6.45, 7) is 11.4. The second-order valence-electron chi connectivity index (χ2n) is 6.89. The van der Waals surface area contributed by atoms with E-state index in [1.54, 1.807) is 0 Å². The van der Waals surface area contributed by atoms with Crippen molar-refractivity contribution in [3.8, 4) is 0 Å². The average molecular weight is 255 g/mol. The number of carboxylic acid groups (broad SMARTS) is 1. The molecule has 1 N–H and O–H groups in total. The fraction of sp³-hybridized carbons (Fsp3) is 0.933. The van der Waals surface area contributed by atoms with Gasteiger partial charge in [-0.05, 0) is 43.9 Å². The zero-order chi connectivity index (χ0) is 13.9. The summed E-state index contributed by atoms with van der Waals surface area (Å²) in [5, 5.41) is 9.11. The quantitative estimate of drug-likeness (QED) is 0.818. The minimum Gasteiger partial charge on any atom is -0.480 e. The summed E-state index contributed by atoms with van der Waals surface area (Å²) in [6, 6.07) is 0.780. The van der Waals surface area contributed by atoms with Crippen molar-refractivity contribution >= 4 is 5.97 Å². The van der Waals surface area contributed by atoms with Crippen LogP contribution in [0.4, 0.5) is 0 Å². The first-order valence-electron chi connectivity index (χ1n) is 7.22. The Hall–Kier alpha value is -0.570.